The predicted octanol–water partition coefficient (Wildman–Crippen LogP) is 5.02. The standard InChI is InChI=1S/C19H21N.Ir/c1-2-3-6-16-9-11-19(12-10-16)20-14-13-17-7-4-5-8-18(17)15-20;/h4-5,7-14H,2-3,6,15H2,1H3;. The molecular formula is C19H21IrN. The van der Waals surface area contributed by atoms with Crippen molar-refractivity contribution < 1.29 is 20.1 Å². The topological polar surface area (TPSA) is 3.24 Å². The zero-order valence-corrected chi connectivity index (χ0v) is 14.8. The van der Waals surface area contributed by atoms with Gasteiger partial charge in [0.15, 0.2) is 0 Å². The molecule has 1 radical (unpaired) electrons. The van der Waals surface area contributed by atoms with Crippen LogP contribution in [0, 0.1) is 0 Å². The van der Waals surface area contributed by atoms with E-state index < -0.39 is 0 Å². The molecule has 2 aromatic rings. The fraction of sp³-hybridized carbons (Fsp3) is 0.263. The van der Waals surface area contributed by atoms with Gasteiger partial charge in [0.05, 0.1) is 0 Å². The van der Waals surface area contributed by atoms with Gasteiger partial charge in [0.2, 0.25) is 0 Å². The number of benzene rings is 2. The monoisotopic (exact) mass is 456 g/mol. The van der Waals surface area contributed by atoms with Crippen LogP contribution in [0.2, 0.25) is 0 Å². The number of unbranched alkanes of at least 4 members (excludes halogenated alkanes) is 1. The minimum atomic E-state index is 0. The molecule has 1 heterocycles. The molecule has 0 saturated heterocycles. The summed E-state index contributed by atoms with van der Waals surface area (Å²) in [5, 5.41) is 0. The summed E-state index contributed by atoms with van der Waals surface area (Å²) in [7, 11) is 0. The van der Waals surface area contributed by atoms with Gasteiger partial charge in [-0.1, -0.05) is 49.7 Å². The summed E-state index contributed by atoms with van der Waals surface area (Å²) in [6, 6.07) is 17.6. The maximum absolute atomic E-state index is 2.31. The number of anilines is 1. The minimum absolute atomic E-state index is 0. The largest absolute Gasteiger partial charge is 0.344 e. The molecule has 0 atom stereocenters. The van der Waals surface area contributed by atoms with Crippen molar-refractivity contribution in [2.24, 2.45) is 0 Å². The summed E-state index contributed by atoms with van der Waals surface area (Å²) in [5.74, 6) is 0. The van der Waals surface area contributed by atoms with Crippen molar-refractivity contribution in [3.05, 3.63) is 71.4 Å². The summed E-state index contributed by atoms with van der Waals surface area (Å²) in [5.41, 5.74) is 5.45. The second kappa shape index (κ2) is 7.58. The molecule has 1 aliphatic rings. The van der Waals surface area contributed by atoms with E-state index in [9.17, 15) is 0 Å². The zero-order chi connectivity index (χ0) is 13.8. The van der Waals surface area contributed by atoms with Gasteiger partial charge in [-0.15, -0.1) is 0 Å². The van der Waals surface area contributed by atoms with E-state index in [0.717, 1.165) is 6.54 Å². The van der Waals surface area contributed by atoms with Crippen LogP contribution < -0.4 is 4.90 Å². The molecule has 0 N–H and O–H groups in total. The molecule has 0 saturated carbocycles. The Hall–Kier alpha value is -1.37. The van der Waals surface area contributed by atoms with Gasteiger partial charge in [-0.25, -0.2) is 0 Å². The van der Waals surface area contributed by atoms with E-state index in [2.05, 4.69) is 72.6 Å². The van der Waals surface area contributed by atoms with Gasteiger partial charge < -0.3 is 4.90 Å². The van der Waals surface area contributed by atoms with E-state index in [4.69, 9.17) is 0 Å². The van der Waals surface area contributed by atoms with Crippen LogP contribution in [0.3, 0.4) is 0 Å². The van der Waals surface area contributed by atoms with Gasteiger partial charge in [0.1, 0.15) is 0 Å². The third-order valence-corrected chi connectivity index (χ3v) is 3.92. The molecule has 0 bridgehead atoms. The van der Waals surface area contributed by atoms with Gasteiger partial charge in [-0.2, -0.15) is 0 Å². The van der Waals surface area contributed by atoms with Crippen LogP contribution >= 0.6 is 0 Å². The van der Waals surface area contributed by atoms with Crippen molar-refractivity contribution in [2.75, 3.05) is 4.90 Å². The van der Waals surface area contributed by atoms with Gasteiger partial charge in [0, 0.05) is 38.5 Å². The Morgan fingerprint density at radius 3 is 2.52 bits per heavy atom. The molecule has 1 nitrogen and oxygen atoms in total. The molecule has 2 aromatic carbocycles. The van der Waals surface area contributed by atoms with Gasteiger partial charge in [-0.3, -0.25) is 0 Å². The number of fused-ring (bicyclic) bond motifs is 1. The Balaban J connectivity index is 0.00000161. The minimum Gasteiger partial charge on any atom is -0.344 e. The molecule has 3 rings (SSSR count). The maximum Gasteiger partial charge on any atom is 0.0481 e. The number of hydrogen-bond acceptors (Lipinski definition) is 1. The van der Waals surface area contributed by atoms with Crippen molar-refractivity contribution >= 4 is 11.8 Å². The summed E-state index contributed by atoms with van der Waals surface area (Å²) in [6.07, 6.45) is 8.10. The first-order valence-electron chi connectivity index (χ1n) is 7.48. The molecule has 21 heavy (non-hydrogen) atoms. The van der Waals surface area contributed by atoms with E-state index in [1.807, 2.05) is 0 Å². The van der Waals surface area contributed by atoms with Crippen LogP contribution in [0.1, 0.15) is 36.5 Å². The average Bonchev–Trinajstić information content (AvgIpc) is 2.53. The first-order valence-corrected chi connectivity index (χ1v) is 7.48. The molecule has 0 amide bonds. The van der Waals surface area contributed by atoms with E-state index >= 15 is 0 Å². The summed E-state index contributed by atoms with van der Waals surface area (Å²) in [6.45, 7) is 3.20. The summed E-state index contributed by atoms with van der Waals surface area (Å²) < 4.78 is 0. The molecule has 1 aliphatic heterocycles. The average molecular weight is 456 g/mol. The quantitative estimate of drug-likeness (QED) is 0.626. The van der Waals surface area contributed by atoms with Crippen LogP contribution in [0.15, 0.2) is 54.7 Å². The molecule has 2 heteroatoms. The smallest absolute Gasteiger partial charge is 0.0481 e. The second-order valence-corrected chi connectivity index (χ2v) is 5.41. The second-order valence-electron chi connectivity index (χ2n) is 5.41. The first-order chi connectivity index (χ1) is 9.86. The first kappa shape index (κ1) is 16.0. The number of hydrogen-bond donors (Lipinski definition) is 0. The predicted molar refractivity (Wildman–Crippen MR) is 86.7 cm³/mol. The fourth-order valence-electron chi connectivity index (χ4n) is 2.66. The zero-order valence-electron chi connectivity index (χ0n) is 12.4. The van der Waals surface area contributed by atoms with Crippen LogP contribution in [0.5, 0.6) is 0 Å². The van der Waals surface area contributed by atoms with Crippen molar-refractivity contribution in [2.45, 2.75) is 32.7 Å². The number of nitrogens with zero attached hydrogens (tertiary/aromatic N) is 1. The molecule has 0 aliphatic carbocycles. The van der Waals surface area contributed by atoms with Crippen molar-refractivity contribution in [1.29, 1.82) is 0 Å². The fourth-order valence-corrected chi connectivity index (χ4v) is 2.66. The molecule has 0 unspecified atom stereocenters. The SMILES string of the molecule is CCCCc1ccc(N2C=Cc3ccccc3C2)cc1.[Ir]. The Morgan fingerprint density at radius 1 is 1.00 bits per heavy atom. The normalized spacial score (nSPS) is 12.7. The Bertz CT molecular complexity index is 601. The number of aryl methyl sites for hydroxylation is 1. The third kappa shape index (κ3) is 3.84. The Morgan fingerprint density at radius 2 is 1.76 bits per heavy atom. The third-order valence-electron chi connectivity index (χ3n) is 3.92. The number of rotatable bonds is 4. The molecule has 111 valence electrons. The van der Waals surface area contributed by atoms with E-state index in [1.54, 1.807) is 0 Å². The van der Waals surface area contributed by atoms with Crippen LogP contribution in [0.4, 0.5) is 5.69 Å². The molecule has 0 aromatic heterocycles. The van der Waals surface area contributed by atoms with Crippen molar-refractivity contribution in [3.8, 4) is 0 Å². The van der Waals surface area contributed by atoms with Gasteiger partial charge in [0.25, 0.3) is 0 Å². The molecular weight excluding hydrogens is 434 g/mol. The summed E-state index contributed by atoms with van der Waals surface area (Å²) in [4.78, 5) is 2.31. The van der Waals surface area contributed by atoms with E-state index in [0.29, 0.717) is 0 Å². The Labute approximate surface area is 141 Å². The maximum atomic E-state index is 2.31. The Kier molecular flexibility index (Phi) is 5.78. The van der Waals surface area contributed by atoms with Crippen LogP contribution in [0.25, 0.3) is 6.08 Å². The van der Waals surface area contributed by atoms with E-state index in [-0.39, 0.29) is 20.1 Å². The summed E-state index contributed by atoms with van der Waals surface area (Å²) >= 11 is 0. The van der Waals surface area contributed by atoms with Crippen LogP contribution in [-0.4, -0.2) is 0 Å². The van der Waals surface area contributed by atoms with Crippen molar-refractivity contribution in [1.82, 2.24) is 0 Å². The molecule has 0 spiro atoms. The van der Waals surface area contributed by atoms with Gasteiger partial charge >= 0.3 is 0 Å². The van der Waals surface area contributed by atoms with Crippen molar-refractivity contribution in [3.63, 3.8) is 0 Å². The van der Waals surface area contributed by atoms with Gasteiger partial charge in [-0.05, 0) is 47.7 Å². The molecule has 0 fully saturated rings. The van der Waals surface area contributed by atoms with Crippen LogP contribution in [-0.2, 0) is 33.1 Å². The van der Waals surface area contributed by atoms with E-state index in [1.165, 1.54) is 41.6 Å².